The van der Waals surface area contributed by atoms with E-state index in [0.717, 1.165) is 4.90 Å². The molecule has 0 aromatic carbocycles. The maximum atomic E-state index is 10.7. The number of imide groups is 1. The summed E-state index contributed by atoms with van der Waals surface area (Å²) in [5.41, 5.74) is 0. The standard InChI is InChI=1S/C5H7Cl2NO2/c1-3(9)8(2)5(10)4(6)7/h4H,1-2H3. The molecule has 58 valence electrons. The van der Waals surface area contributed by atoms with Gasteiger partial charge in [-0.3, -0.25) is 14.5 Å². The summed E-state index contributed by atoms with van der Waals surface area (Å²) in [4.78, 5) is 20.9. The fourth-order valence-electron chi connectivity index (χ4n) is 0.302. The number of amides is 2. The molecular formula is C5H7Cl2NO2. The second-order valence-corrected chi connectivity index (χ2v) is 2.81. The molecule has 0 unspecified atom stereocenters. The van der Waals surface area contributed by atoms with Crippen molar-refractivity contribution in [3.8, 4) is 0 Å². The van der Waals surface area contributed by atoms with Gasteiger partial charge in [-0.25, -0.2) is 0 Å². The first-order valence-corrected chi connectivity index (χ1v) is 3.40. The topological polar surface area (TPSA) is 37.4 Å². The quantitative estimate of drug-likeness (QED) is 0.565. The monoisotopic (exact) mass is 183 g/mol. The first kappa shape index (κ1) is 9.72. The van der Waals surface area contributed by atoms with Crippen LogP contribution in [-0.4, -0.2) is 28.6 Å². The van der Waals surface area contributed by atoms with Crippen molar-refractivity contribution in [1.82, 2.24) is 4.90 Å². The molecule has 0 saturated heterocycles. The van der Waals surface area contributed by atoms with Gasteiger partial charge in [0.2, 0.25) is 5.91 Å². The van der Waals surface area contributed by atoms with Crippen LogP contribution in [0.15, 0.2) is 0 Å². The summed E-state index contributed by atoms with van der Waals surface area (Å²) in [6, 6.07) is 0. The van der Waals surface area contributed by atoms with E-state index in [4.69, 9.17) is 23.2 Å². The highest BCUT2D eigenvalue weighted by Gasteiger charge is 2.18. The number of halogens is 2. The smallest absolute Gasteiger partial charge is 0.262 e. The first-order valence-electron chi connectivity index (χ1n) is 2.53. The summed E-state index contributed by atoms with van der Waals surface area (Å²) in [5.74, 6) is -0.980. The molecule has 0 saturated carbocycles. The zero-order chi connectivity index (χ0) is 8.31. The van der Waals surface area contributed by atoms with Gasteiger partial charge in [-0.15, -0.1) is 0 Å². The Balaban J connectivity index is 4.08. The van der Waals surface area contributed by atoms with E-state index in [9.17, 15) is 9.59 Å². The number of alkyl halides is 2. The highest BCUT2D eigenvalue weighted by molar-refractivity contribution is 6.53. The Hall–Kier alpha value is -0.280. The van der Waals surface area contributed by atoms with E-state index >= 15 is 0 Å². The Bertz CT molecular complexity index is 158. The average molecular weight is 184 g/mol. The van der Waals surface area contributed by atoms with Gasteiger partial charge >= 0.3 is 0 Å². The lowest BCUT2D eigenvalue weighted by molar-refractivity contribution is -0.140. The van der Waals surface area contributed by atoms with Crippen LogP contribution >= 0.6 is 23.2 Å². The van der Waals surface area contributed by atoms with Gasteiger partial charge in [0, 0.05) is 14.0 Å². The van der Waals surface area contributed by atoms with E-state index in [-0.39, 0.29) is 5.91 Å². The Morgan fingerprint density at radius 1 is 1.40 bits per heavy atom. The van der Waals surface area contributed by atoms with Crippen LogP contribution in [0.5, 0.6) is 0 Å². The molecular weight excluding hydrogens is 177 g/mol. The van der Waals surface area contributed by atoms with Crippen LogP contribution in [0.2, 0.25) is 0 Å². The maximum absolute atomic E-state index is 10.7. The van der Waals surface area contributed by atoms with Crippen molar-refractivity contribution in [2.75, 3.05) is 7.05 Å². The van der Waals surface area contributed by atoms with Crippen LogP contribution in [0.3, 0.4) is 0 Å². The molecule has 0 aliphatic rings. The SMILES string of the molecule is CC(=O)N(C)C(=O)C(Cl)Cl. The van der Waals surface area contributed by atoms with Crippen LogP contribution < -0.4 is 0 Å². The third kappa shape index (κ3) is 2.54. The summed E-state index contributed by atoms with van der Waals surface area (Å²) in [7, 11) is 1.32. The van der Waals surface area contributed by atoms with Gasteiger partial charge in [-0.1, -0.05) is 23.2 Å². The van der Waals surface area contributed by atoms with E-state index in [1.54, 1.807) is 0 Å². The largest absolute Gasteiger partial charge is 0.284 e. The fraction of sp³-hybridized carbons (Fsp3) is 0.600. The minimum Gasteiger partial charge on any atom is -0.284 e. The molecule has 0 aliphatic carbocycles. The summed E-state index contributed by atoms with van der Waals surface area (Å²) in [6.07, 6.45) is 0. The predicted molar refractivity (Wildman–Crippen MR) is 38.9 cm³/mol. The molecule has 3 nitrogen and oxygen atoms in total. The van der Waals surface area contributed by atoms with Crippen molar-refractivity contribution in [2.24, 2.45) is 0 Å². The number of hydrogen-bond donors (Lipinski definition) is 0. The minimum atomic E-state index is -1.16. The van der Waals surface area contributed by atoms with Crippen LogP contribution in [0.4, 0.5) is 0 Å². The second kappa shape index (κ2) is 3.78. The Kier molecular flexibility index (Phi) is 3.68. The van der Waals surface area contributed by atoms with E-state index in [1.165, 1.54) is 14.0 Å². The summed E-state index contributed by atoms with van der Waals surface area (Å²) in [6.45, 7) is 1.26. The lowest BCUT2D eigenvalue weighted by Crippen LogP contribution is -2.34. The van der Waals surface area contributed by atoms with Gasteiger partial charge in [0.1, 0.15) is 0 Å². The average Bonchev–Trinajstić information content (AvgIpc) is 1.84. The van der Waals surface area contributed by atoms with Crippen LogP contribution in [0, 0.1) is 0 Å². The van der Waals surface area contributed by atoms with Crippen molar-refractivity contribution >= 4 is 35.0 Å². The van der Waals surface area contributed by atoms with E-state index < -0.39 is 10.7 Å². The highest BCUT2D eigenvalue weighted by Crippen LogP contribution is 2.05. The van der Waals surface area contributed by atoms with Gasteiger partial charge < -0.3 is 0 Å². The zero-order valence-corrected chi connectivity index (χ0v) is 7.11. The molecule has 2 amide bonds. The fourth-order valence-corrected chi connectivity index (χ4v) is 0.594. The molecule has 0 atom stereocenters. The van der Waals surface area contributed by atoms with Crippen LogP contribution in [0.1, 0.15) is 6.92 Å². The highest BCUT2D eigenvalue weighted by atomic mass is 35.5. The third-order valence-electron chi connectivity index (χ3n) is 0.990. The lowest BCUT2D eigenvalue weighted by Gasteiger charge is -2.12. The second-order valence-electron chi connectivity index (χ2n) is 1.72. The van der Waals surface area contributed by atoms with Crippen molar-refractivity contribution in [2.45, 2.75) is 11.8 Å². The summed E-state index contributed by atoms with van der Waals surface area (Å²) in [5, 5.41) is 0. The summed E-state index contributed by atoms with van der Waals surface area (Å²) >= 11 is 10.4. The van der Waals surface area contributed by atoms with Gasteiger partial charge in [0.15, 0.2) is 4.84 Å². The van der Waals surface area contributed by atoms with Crippen LogP contribution in [-0.2, 0) is 9.59 Å². The number of carbonyl (C=O) groups excluding carboxylic acids is 2. The molecule has 0 N–H and O–H groups in total. The van der Waals surface area contributed by atoms with Crippen molar-refractivity contribution in [1.29, 1.82) is 0 Å². The third-order valence-corrected chi connectivity index (χ3v) is 1.36. The van der Waals surface area contributed by atoms with E-state index in [2.05, 4.69) is 0 Å². The molecule has 0 spiro atoms. The molecule has 0 radical (unpaired) electrons. The minimum absolute atomic E-state index is 0.378. The number of hydrogen-bond acceptors (Lipinski definition) is 2. The van der Waals surface area contributed by atoms with Crippen molar-refractivity contribution < 1.29 is 9.59 Å². The molecule has 0 aliphatic heterocycles. The Labute approximate surface area is 68.9 Å². The molecule has 0 bridgehead atoms. The normalized spacial score (nSPS) is 9.70. The lowest BCUT2D eigenvalue weighted by atomic mass is 10.5. The Morgan fingerprint density at radius 3 is 1.90 bits per heavy atom. The molecule has 5 heteroatoms. The molecule has 0 aromatic heterocycles. The van der Waals surface area contributed by atoms with E-state index in [1.807, 2.05) is 0 Å². The first-order chi connectivity index (χ1) is 4.46. The van der Waals surface area contributed by atoms with Gasteiger partial charge in [0.05, 0.1) is 0 Å². The van der Waals surface area contributed by atoms with E-state index in [0.29, 0.717) is 0 Å². The molecule has 10 heavy (non-hydrogen) atoms. The van der Waals surface area contributed by atoms with Crippen molar-refractivity contribution in [3.63, 3.8) is 0 Å². The molecule has 0 heterocycles. The Morgan fingerprint density at radius 2 is 1.80 bits per heavy atom. The van der Waals surface area contributed by atoms with Gasteiger partial charge in [-0.2, -0.15) is 0 Å². The maximum Gasteiger partial charge on any atom is 0.262 e. The zero-order valence-electron chi connectivity index (χ0n) is 5.60. The van der Waals surface area contributed by atoms with Gasteiger partial charge in [-0.05, 0) is 0 Å². The number of carbonyl (C=O) groups is 2. The predicted octanol–water partition coefficient (Wildman–Crippen LogP) is 0.795. The number of nitrogens with zero attached hydrogens (tertiary/aromatic N) is 1. The van der Waals surface area contributed by atoms with Crippen LogP contribution in [0.25, 0.3) is 0 Å². The number of rotatable bonds is 1. The molecule has 0 fully saturated rings. The summed E-state index contributed by atoms with van der Waals surface area (Å²) < 4.78 is 0. The van der Waals surface area contributed by atoms with Crippen molar-refractivity contribution in [3.05, 3.63) is 0 Å². The molecule has 0 aromatic rings. The van der Waals surface area contributed by atoms with Gasteiger partial charge in [0.25, 0.3) is 5.91 Å². The molecule has 0 rings (SSSR count).